The van der Waals surface area contributed by atoms with Crippen molar-refractivity contribution in [3.05, 3.63) is 35.4 Å². The van der Waals surface area contributed by atoms with Crippen LogP contribution in [0.15, 0.2) is 24.3 Å². The number of amides is 2. The van der Waals surface area contributed by atoms with Crippen molar-refractivity contribution in [1.82, 2.24) is 10.6 Å². The normalized spacial score (nSPS) is 14.0. The summed E-state index contributed by atoms with van der Waals surface area (Å²) in [5.41, 5.74) is 1.71. The lowest BCUT2D eigenvalue weighted by Crippen LogP contribution is -2.40. The van der Waals surface area contributed by atoms with Crippen molar-refractivity contribution in [2.45, 2.75) is 53.2 Å². The maximum absolute atomic E-state index is 12.1. The molecule has 128 valence electrons. The molecule has 2 unspecified atom stereocenters. The van der Waals surface area contributed by atoms with Gasteiger partial charge in [-0.3, -0.25) is 9.59 Å². The number of hydrogen-bond acceptors (Lipinski definition) is 3. The van der Waals surface area contributed by atoms with Crippen molar-refractivity contribution >= 4 is 11.8 Å². The van der Waals surface area contributed by atoms with E-state index in [1.165, 1.54) is 6.92 Å². The smallest absolute Gasteiger partial charge is 0.222 e. The lowest BCUT2D eigenvalue weighted by atomic mass is 9.89. The predicted octanol–water partition coefficient (Wildman–Crippen LogP) is 2.09. The van der Waals surface area contributed by atoms with Gasteiger partial charge in [0.1, 0.15) is 0 Å². The SMILES string of the molecule is CC(=O)NC(CC(=O)NCC(O)C(C)(C)C)c1ccc(C)cc1. The number of aryl methyl sites for hydroxylation is 1. The van der Waals surface area contributed by atoms with Crippen molar-refractivity contribution in [2.24, 2.45) is 5.41 Å². The summed E-state index contributed by atoms with van der Waals surface area (Å²) in [6, 6.07) is 7.34. The Morgan fingerprint density at radius 3 is 2.22 bits per heavy atom. The molecule has 0 radical (unpaired) electrons. The Balaban J connectivity index is 2.68. The van der Waals surface area contributed by atoms with Crippen LogP contribution in [0, 0.1) is 12.3 Å². The maximum atomic E-state index is 12.1. The second-order valence-electron chi connectivity index (χ2n) is 7.05. The molecule has 0 aromatic heterocycles. The molecule has 5 heteroatoms. The van der Waals surface area contributed by atoms with E-state index in [2.05, 4.69) is 10.6 Å². The average molecular weight is 320 g/mol. The minimum Gasteiger partial charge on any atom is -0.391 e. The van der Waals surface area contributed by atoms with E-state index in [0.29, 0.717) is 0 Å². The maximum Gasteiger partial charge on any atom is 0.222 e. The second kappa shape index (κ2) is 8.11. The molecule has 2 atom stereocenters. The van der Waals surface area contributed by atoms with Gasteiger partial charge in [-0.15, -0.1) is 0 Å². The molecular weight excluding hydrogens is 292 g/mol. The molecule has 2 amide bonds. The van der Waals surface area contributed by atoms with Crippen molar-refractivity contribution in [3.8, 4) is 0 Å². The molecule has 3 N–H and O–H groups in total. The van der Waals surface area contributed by atoms with E-state index in [0.717, 1.165) is 11.1 Å². The summed E-state index contributed by atoms with van der Waals surface area (Å²) in [5, 5.41) is 15.5. The molecule has 0 heterocycles. The van der Waals surface area contributed by atoms with Crippen molar-refractivity contribution in [3.63, 3.8) is 0 Å². The van der Waals surface area contributed by atoms with Crippen LogP contribution in [-0.4, -0.2) is 29.6 Å². The van der Waals surface area contributed by atoms with Gasteiger partial charge in [0.05, 0.1) is 18.6 Å². The van der Waals surface area contributed by atoms with Crippen LogP contribution in [0.2, 0.25) is 0 Å². The van der Waals surface area contributed by atoms with Gasteiger partial charge in [0.2, 0.25) is 11.8 Å². The number of aliphatic hydroxyl groups is 1. The molecule has 0 saturated heterocycles. The van der Waals surface area contributed by atoms with E-state index in [1.54, 1.807) is 0 Å². The molecule has 23 heavy (non-hydrogen) atoms. The Kier molecular flexibility index (Phi) is 6.76. The fourth-order valence-electron chi connectivity index (χ4n) is 2.07. The predicted molar refractivity (Wildman–Crippen MR) is 90.8 cm³/mol. The van der Waals surface area contributed by atoms with Crippen molar-refractivity contribution in [2.75, 3.05) is 6.54 Å². The second-order valence-corrected chi connectivity index (χ2v) is 7.05. The third kappa shape index (κ3) is 6.82. The molecular formula is C18H28N2O3. The van der Waals surface area contributed by atoms with Crippen LogP contribution in [0.3, 0.4) is 0 Å². The lowest BCUT2D eigenvalue weighted by Gasteiger charge is -2.26. The molecule has 0 spiro atoms. The zero-order chi connectivity index (χ0) is 17.6. The topological polar surface area (TPSA) is 78.4 Å². The molecule has 1 aromatic rings. The molecule has 5 nitrogen and oxygen atoms in total. The Morgan fingerprint density at radius 2 is 1.74 bits per heavy atom. The van der Waals surface area contributed by atoms with E-state index in [4.69, 9.17) is 0 Å². The number of carbonyl (C=O) groups excluding carboxylic acids is 2. The molecule has 0 aliphatic heterocycles. The van der Waals surface area contributed by atoms with E-state index >= 15 is 0 Å². The van der Waals surface area contributed by atoms with Gasteiger partial charge in [0.25, 0.3) is 0 Å². The quantitative estimate of drug-likeness (QED) is 0.751. The number of rotatable bonds is 6. The van der Waals surface area contributed by atoms with Gasteiger partial charge >= 0.3 is 0 Å². The molecule has 0 bridgehead atoms. The first kappa shape index (κ1) is 19.2. The van der Waals surface area contributed by atoms with Crippen LogP contribution in [0.5, 0.6) is 0 Å². The summed E-state index contributed by atoms with van der Waals surface area (Å²) in [6.45, 7) is 9.35. The number of aliphatic hydroxyl groups excluding tert-OH is 1. The lowest BCUT2D eigenvalue weighted by molar-refractivity contribution is -0.123. The number of carbonyl (C=O) groups is 2. The zero-order valence-corrected chi connectivity index (χ0v) is 14.6. The Hall–Kier alpha value is -1.88. The van der Waals surface area contributed by atoms with Gasteiger partial charge in [0.15, 0.2) is 0 Å². The Morgan fingerprint density at radius 1 is 1.17 bits per heavy atom. The van der Waals surface area contributed by atoms with Crippen LogP contribution in [-0.2, 0) is 9.59 Å². The van der Waals surface area contributed by atoms with Crippen LogP contribution in [0.4, 0.5) is 0 Å². The summed E-state index contributed by atoms with van der Waals surface area (Å²) >= 11 is 0. The fourth-order valence-corrected chi connectivity index (χ4v) is 2.07. The highest BCUT2D eigenvalue weighted by molar-refractivity contribution is 5.79. The first-order valence-corrected chi connectivity index (χ1v) is 7.88. The third-order valence-electron chi connectivity index (χ3n) is 3.74. The van der Waals surface area contributed by atoms with Gasteiger partial charge in [-0.25, -0.2) is 0 Å². The van der Waals surface area contributed by atoms with Crippen LogP contribution < -0.4 is 10.6 Å². The van der Waals surface area contributed by atoms with E-state index in [9.17, 15) is 14.7 Å². The summed E-state index contributed by atoms with van der Waals surface area (Å²) < 4.78 is 0. The first-order valence-electron chi connectivity index (χ1n) is 7.88. The van der Waals surface area contributed by atoms with E-state index in [1.807, 2.05) is 52.0 Å². The summed E-state index contributed by atoms with van der Waals surface area (Å²) in [5.74, 6) is -0.384. The van der Waals surface area contributed by atoms with Gasteiger partial charge in [-0.05, 0) is 17.9 Å². The van der Waals surface area contributed by atoms with Crippen LogP contribution >= 0.6 is 0 Å². The van der Waals surface area contributed by atoms with E-state index in [-0.39, 0.29) is 36.2 Å². The number of benzene rings is 1. The highest BCUT2D eigenvalue weighted by atomic mass is 16.3. The molecule has 1 rings (SSSR count). The van der Waals surface area contributed by atoms with Crippen molar-refractivity contribution < 1.29 is 14.7 Å². The molecule has 0 saturated carbocycles. The highest BCUT2D eigenvalue weighted by Crippen LogP contribution is 2.19. The zero-order valence-electron chi connectivity index (χ0n) is 14.6. The number of nitrogens with one attached hydrogen (secondary N) is 2. The highest BCUT2D eigenvalue weighted by Gasteiger charge is 2.23. The molecule has 0 aliphatic carbocycles. The third-order valence-corrected chi connectivity index (χ3v) is 3.74. The first-order chi connectivity index (χ1) is 10.6. The number of hydrogen-bond donors (Lipinski definition) is 3. The summed E-state index contributed by atoms with van der Waals surface area (Å²) in [4.78, 5) is 23.5. The van der Waals surface area contributed by atoms with Crippen molar-refractivity contribution in [1.29, 1.82) is 0 Å². The van der Waals surface area contributed by atoms with Crippen LogP contribution in [0.1, 0.15) is 51.3 Å². The Bertz CT molecular complexity index is 532. The van der Waals surface area contributed by atoms with Gasteiger partial charge in [-0.1, -0.05) is 50.6 Å². The fraction of sp³-hybridized carbons (Fsp3) is 0.556. The van der Waals surface area contributed by atoms with Gasteiger partial charge in [-0.2, -0.15) is 0 Å². The van der Waals surface area contributed by atoms with Crippen LogP contribution in [0.25, 0.3) is 0 Å². The largest absolute Gasteiger partial charge is 0.391 e. The Labute approximate surface area is 138 Å². The van der Waals surface area contributed by atoms with Gasteiger partial charge in [0, 0.05) is 13.5 Å². The standard InChI is InChI=1S/C18H28N2O3/c1-12-6-8-14(9-7-12)15(20-13(2)21)10-17(23)19-11-16(22)18(3,4)5/h6-9,15-16,22H,10-11H2,1-5H3,(H,19,23)(H,20,21). The average Bonchev–Trinajstić information content (AvgIpc) is 2.43. The monoisotopic (exact) mass is 320 g/mol. The molecule has 0 aliphatic rings. The summed E-state index contributed by atoms with van der Waals surface area (Å²) in [7, 11) is 0. The minimum absolute atomic E-state index is 0.138. The summed E-state index contributed by atoms with van der Waals surface area (Å²) in [6.07, 6.45) is -0.482. The van der Waals surface area contributed by atoms with E-state index < -0.39 is 6.10 Å². The minimum atomic E-state index is -0.620. The molecule has 1 aromatic carbocycles. The molecule has 0 fully saturated rings. The van der Waals surface area contributed by atoms with Gasteiger partial charge < -0.3 is 15.7 Å².